The van der Waals surface area contributed by atoms with E-state index in [4.69, 9.17) is 4.74 Å². The molecule has 1 amide bonds. The fourth-order valence-electron chi connectivity index (χ4n) is 4.40. The second-order valence-corrected chi connectivity index (χ2v) is 8.91. The zero-order chi connectivity index (χ0) is 21.5. The van der Waals surface area contributed by atoms with Crippen LogP contribution in [-0.2, 0) is 4.74 Å². The second kappa shape index (κ2) is 7.93. The maximum atomic E-state index is 12.5. The number of benzene rings is 2. The maximum Gasteiger partial charge on any atom is 0.251 e. The van der Waals surface area contributed by atoms with Crippen LogP contribution in [0.25, 0.3) is 21.9 Å². The smallest absolute Gasteiger partial charge is 0.251 e. The Morgan fingerprint density at radius 2 is 1.87 bits per heavy atom. The molecule has 3 aromatic rings. The van der Waals surface area contributed by atoms with Crippen LogP contribution in [0.15, 0.2) is 42.6 Å². The Morgan fingerprint density at radius 1 is 1.10 bits per heavy atom. The molecule has 1 N–H and O–H groups in total. The minimum Gasteiger partial charge on any atom is -0.372 e. The first-order valence-corrected chi connectivity index (χ1v) is 11.1. The predicted octanol–water partition coefficient (Wildman–Crippen LogP) is 4.11. The number of nitrogens with zero attached hydrogens (tertiary/aromatic N) is 3. The number of aromatic nitrogens is 2. The van der Waals surface area contributed by atoms with Crippen LogP contribution in [0, 0.1) is 6.92 Å². The first-order chi connectivity index (χ1) is 15.0. The summed E-state index contributed by atoms with van der Waals surface area (Å²) in [4.78, 5) is 14.8. The molecule has 2 unspecified atom stereocenters. The lowest BCUT2D eigenvalue weighted by molar-refractivity contribution is -0.00541. The molecule has 1 aromatic heterocycles. The molecule has 2 atom stereocenters. The van der Waals surface area contributed by atoms with Crippen LogP contribution >= 0.6 is 0 Å². The molecule has 0 bridgehead atoms. The monoisotopic (exact) mass is 416 g/mol. The molecule has 6 heteroatoms. The first-order valence-electron chi connectivity index (χ1n) is 11.1. The van der Waals surface area contributed by atoms with Gasteiger partial charge in [-0.25, -0.2) is 0 Å². The molecule has 2 fully saturated rings. The summed E-state index contributed by atoms with van der Waals surface area (Å²) < 4.78 is 5.88. The summed E-state index contributed by atoms with van der Waals surface area (Å²) >= 11 is 0. The molecule has 0 radical (unpaired) electrons. The van der Waals surface area contributed by atoms with Gasteiger partial charge < -0.3 is 15.0 Å². The van der Waals surface area contributed by atoms with E-state index in [1.54, 1.807) is 0 Å². The zero-order valence-corrected chi connectivity index (χ0v) is 18.3. The summed E-state index contributed by atoms with van der Waals surface area (Å²) in [5.74, 6) is 0.911. The van der Waals surface area contributed by atoms with E-state index < -0.39 is 0 Å². The van der Waals surface area contributed by atoms with Crippen molar-refractivity contribution in [1.29, 1.82) is 0 Å². The molecule has 0 spiro atoms. The number of carbonyl (C=O) groups excluding carboxylic acids is 1. The second-order valence-electron chi connectivity index (χ2n) is 8.91. The van der Waals surface area contributed by atoms with Crippen molar-refractivity contribution in [3.8, 4) is 11.1 Å². The average molecular weight is 417 g/mol. The van der Waals surface area contributed by atoms with Crippen LogP contribution in [0.5, 0.6) is 0 Å². The predicted molar refractivity (Wildman–Crippen MR) is 122 cm³/mol. The van der Waals surface area contributed by atoms with Gasteiger partial charge in [-0.05, 0) is 74.6 Å². The number of morpholine rings is 1. The summed E-state index contributed by atoms with van der Waals surface area (Å²) in [7, 11) is 0. The molecule has 2 aliphatic rings. The number of hydrogen-bond acceptors (Lipinski definition) is 5. The Bertz CT molecular complexity index is 1130. The Balaban J connectivity index is 1.50. The van der Waals surface area contributed by atoms with E-state index in [-0.39, 0.29) is 18.1 Å². The van der Waals surface area contributed by atoms with Crippen LogP contribution in [-0.4, -0.2) is 47.4 Å². The third-order valence-corrected chi connectivity index (χ3v) is 6.08. The minimum absolute atomic E-state index is 0.00764. The molecule has 160 valence electrons. The highest BCUT2D eigenvalue weighted by Crippen LogP contribution is 2.32. The van der Waals surface area contributed by atoms with Crippen LogP contribution in [0.1, 0.15) is 42.6 Å². The molecular weight excluding hydrogens is 388 g/mol. The number of anilines is 1. The first kappa shape index (κ1) is 19.9. The minimum atomic E-state index is 0.00764. The van der Waals surface area contributed by atoms with Gasteiger partial charge in [0.1, 0.15) is 0 Å². The van der Waals surface area contributed by atoms with Gasteiger partial charge in [0, 0.05) is 35.5 Å². The van der Waals surface area contributed by atoms with Gasteiger partial charge in [-0.1, -0.05) is 12.1 Å². The van der Waals surface area contributed by atoms with E-state index in [1.807, 2.05) is 24.4 Å². The van der Waals surface area contributed by atoms with Crippen molar-refractivity contribution >= 4 is 22.5 Å². The molecule has 5 rings (SSSR count). The molecule has 1 aliphatic heterocycles. The van der Waals surface area contributed by atoms with Gasteiger partial charge in [0.25, 0.3) is 5.91 Å². The normalized spacial score (nSPS) is 21.3. The molecule has 31 heavy (non-hydrogen) atoms. The maximum absolute atomic E-state index is 12.5. The van der Waals surface area contributed by atoms with Crippen LogP contribution in [0.3, 0.4) is 0 Å². The summed E-state index contributed by atoms with van der Waals surface area (Å²) in [5.41, 5.74) is 3.99. The number of hydrogen-bond donors (Lipinski definition) is 1. The molecule has 1 aliphatic carbocycles. The average Bonchev–Trinajstić information content (AvgIpc) is 3.56. The summed E-state index contributed by atoms with van der Waals surface area (Å²) in [6.45, 7) is 7.87. The molecule has 1 saturated heterocycles. The lowest BCUT2D eigenvalue weighted by atomic mass is 9.96. The largest absolute Gasteiger partial charge is 0.372 e. The number of aryl methyl sites for hydroxylation is 1. The fraction of sp³-hybridized carbons (Fsp3) is 0.400. The van der Waals surface area contributed by atoms with E-state index >= 15 is 0 Å². The summed E-state index contributed by atoms with van der Waals surface area (Å²) in [6.07, 6.45) is 4.30. The molecule has 2 heterocycles. The van der Waals surface area contributed by atoms with Crippen molar-refractivity contribution in [1.82, 2.24) is 15.5 Å². The molecule has 1 saturated carbocycles. The Labute approximate surface area is 182 Å². The number of amides is 1. The summed E-state index contributed by atoms with van der Waals surface area (Å²) in [6, 6.07) is 12.7. The van der Waals surface area contributed by atoms with Gasteiger partial charge in [-0.2, -0.15) is 5.10 Å². The highest BCUT2D eigenvalue weighted by Gasteiger charge is 2.25. The van der Waals surface area contributed by atoms with Crippen molar-refractivity contribution in [2.45, 2.75) is 51.9 Å². The van der Waals surface area contributed by atoms with Gasteiger partial charge >= 0.3 is 0 Å². The van der Waals surface area contributed by atoms with Crippen molar-refractivity contribution in [3.63, 3.8) is 0 Å². The Hall–Kier alpha value is -2.99. The van der Waals surface area contributed by atoms with E-state index in [0.717, 1.165) is 59.2 Å². The van der Waals surface area contributed by atoms with Crippen molar-refractivity contribution in [2.75, 3.05) is 18.0 Å². The Morgan fingerprint density at radius 3 is 2.61 bits per heavy atom. The van der Waals surface area contributed by atoms with Gasteiger partial charge in [0.2, 0.25) is 0 Å². The van der Waals surface area contributed by atoms with Crippen LogP contribution in [0.2, 0.25) is 0 Å². The fourth-order valence-corrected chi connectivity index (χ4v) is 4.40. The van der Waals surface area contributed by atoms with Crippen molar-refractivity contribution in [2.24, 2.45) is 0 Å². The number of fused-ring (bicyclic) bond motifs is 1. The van der Waals surface area contributed by atoms with E-state index in [9.17, 15) is 4.79 Å². The number of ether oxygens (including phenoxy) is 1. The topological polar surface area (TPSA) is 67.4 Å². The third-order valence-electron chi connectivity index (χ3n) is 6.08. The lowest BCUT2D eigenvalue weighted by Crippen LogP contribution is -2.46. The van der Waals surface area contributed by atoms with Crippen LogP contribution < -0.4 is 10.2 Å². The van der Waals surface area contributed by atoms with Crippen molar-refractivity contribution in [3.05, 3.63) is 53.7 Å². The van der Waals surface area contributed by atoms with Gasteiger partial charge in [-0.15, -0.1) is 5.10 Å². The number of nitrogens with one attached hydrogen (secondary N) is 1. The highest BCUT2D eigenvalue weighted by molar-refractivity contribution is 5.98. The van der Waals surface area contributed by atoms with Crippen molar-refractivity contribution < 1.29 is 9.53 Å². The quantitative estimate of drug-likeness (QED) is 0.693. The third kappa shape index (κ3) is 4.12. The number of rotatable bonds is 4. The highest BCUT2D eigenvalue weighted by atomic mass is 16.5. The van der Waals surface area contributed by atoms with Gasteiger partial charge in [0.15, 0.2) is 5.82 Å². The van der Waals surface area contributed by atoms with Gasteiger partial charge in [0.05, 0.1) is 18.4 Å². The van der Waals surface area contributed by atoms with E-state index in [2.05, 4.69) is 59.4 Å². The molecular formula is C25H28N4O2. The van der Waals surface area contributed by atoms with Gasteiger partial charge in [-0.3, -0.25) is 4.79 Å². The summed E-state index contributed by atoms with van der Waals surface area (Å²) in [5, 5.41) is 13.9. The molecule has 2 aromatic carbocycles. The van der Waals surface area contributed by atoms with E-state index in [1.165, 1.54) is 0 Å². The molecule has 6 nitrogen and oxygen atoms in total. The Kier molecular flexibility index (Phi) is 5.10. The van der Waals surface area contributed by atoms with E-state index in [0.29, 0.717) is 11.6 Å². The van der Waals surface area contributed by atoms with Crippen LogP contribution in [0.4, 0.5) is 5.82 Å². The lowest BCUT2D eigenvalue weighted by Gasteiger charge is -2.36. The zero-order valence-electron chi connectivity index (χ0n) is 18.3. The standard InChI is InChI=1S/C25H28N4O2/c1-15-4-5-19(25(30)27-21-7-8-21)11-23(15)18-6-9-22-20(10-18)12-26-28-24(22)29-13-16(2)31-17(3)14-29/h4-6,9-12,16-17,21H,7-8,13-14H2,1-3H3,(H,27,30). The SMILES string of the molecule is Cc1ccc(C(=O)NC2CC2)cc1-c1ccc2c(N3CC(C)OC(C)C3)nncc2c1. The number of carbonyl (C=O) groups is 1.